The Kier molecular flexibility index (Phi) is 6.91. The van der Waals surface area contributed by atoms with Crippen LogP contribution in [0.25, 0.3) is 0 Å². The molecule has 0 aliphatic heterocycles. The van der Waals surface area contributed by atoms with E-state index in [2.05, 4.69) is 5.32 Å². The quantitative estimate of drug-likeness (QED) is 0.883. The lowest BCUT2D eigenvalue weighted by molar-refractivity contribution is -0.122. The molecule has 1 aliphatic rings. The number of carbonyl (C=O) groups is 1. The van der Waals surface area contributed by atoms with Crippen molar-refractivity contribution in [3.63, 3.8) is 0 Å². The van der Waals surface area contributed by atoms with Crippen molar-refractivity contribution in [2.45, 2.75) is 44.7 Å². The third-order valence-corrected chi connectivity index (χ3v) is 4.31. The molecule has 3 N–H and O–H groups in total. The maximum atomic E-state index is 13.8. The van der Waals surface area contributed by atoms with Crippen LogP contribution in [0.15, 0.2) is 18.2 Å². The minimum atomic E-state index is -0.450. The Morgan fingerprint density at radius 3 is 2.81 bits per heavy atom. The van der Waals surface area contributed by atoms with Gasteiger partial charge < -0.3 is 11.1 Å². The van der Waals surface area contributed by atoms with E-state index in [1.54, 1.807) is 19.1 Å². The molecule has 2 rings (SSSR count). The molecule has 1 aromatic rings. The molecule has 6 heteroatoms. The number of hydrogen-bond donors (Lipinski definition) is 2. The molecule has 0 bridgehead atoms. The summed E-state index contributed by atoms with van der Waals surface area (Å²) in [6, 6.07) is 4.17. The van der Waals surface area contributed by atoms with Crippen molar-refractivity contribution in [2.75, 3.05) is 0 Å². The van der Waals surface area contributed by atoms with Crippen molar-refractivity contribution in [3.8, 4) is 0 Å². The lowest BCUT2D eigenvalue weighted by atomic mass is 9.99. The van der Waals surface area contributed by atoms with Crippen molar-refractivity contribution in [2.24, 2.45) is 11.7 Å². The largest absolute Gasteiger partial charge is 0.349 e. The molecule has 0 radical (unpaired) electrons. The number of rotatable bonds is 4. The second-order valence-corrected chi connectivity index (χ2v) is 5.89. The number of nitrogens with two attached hydrogens (primary N) is 1. The predicted octanol–water partition coefficient (Wildman–Crippen LogP) is 3.60. The standard InChI is InChI=1S/C15H20ClFN2O.ClH/c1-9(15-11(16)5-3-6-12(15)17)19-14(20)8-10-4-2-7-13(10)18;/h3,5-6,9-10,13H,2,4,7-8,18H2,1H3,(H,19,20);1H/t9?,10-,13+;/m0./s1. The summed E-state index contributed by atoms with van der Waals surface area (Å²) in [6.45, 7) is 1.73. The van der Waals surface area contributed by atoms with Crippen LogP contribution in [0, 0.1) is 11.7 Å². The average Bonchev–Trinajstić information content (AvgIpc) is 2.74. The highest BCUT2D eigenvalue weighted by molar-refractivity contribution is 6.31. The fourth-order valence-corrected chi connectivity index (χ4v) is 3.18. The lowest BCUT2D eigenvalue weighted by Gasteiger charge is -2.19. The van der Waals surface area contributed by atoms with Gasteiger partial charge in [-0.15, -0.1) is 12.4 Å². The third kappa shape index (κ3) is 4.56. The summed E-state index contributed by atoms with van der Waals surface area (Å²) in [5.41, 5.74) is 6.29. The predicted molar refractivity (Wildman–Crippen MR) is 85.1 cm³/mol. The molecule has 1 saturated carbocycles. The van der Waals surface area contributed by atoms with Crippen LogP contribution in [0.3, 0.4) is 0 Å². The van der Waals surface area contributed by atoms with Gasteiger partial charge in [0.25, 0.3) is 0 Å². The summed E-state index contributed by atoms with van der Waals surface area (Å²) >= 11 is 5.99. The number of nitrogens with one attached hydrogen (secondary N) is 1. The molecule has 0 heterocycles. The van der Waals surface area contributed by atoms with Gasteiger partial charge in [-0.3, -0.25) is 4.79 Å². The van der Waals surface area contributed by atoms with E-state index in [1.807, 2.05) is 0 Å². The van der Waals surface area contributed by atoms with Gasteiger partial charge in [0.2, 0.25) is 5.91 Å². The number of halogens is 3. The van der Waals surface area contributed by atoms with Crippen LogP contribution in [0.4, 0.5) is 4.39 Å². The number of benzene rings is 1. The molecular formula is C15H21Cl2FN2O. The Bertz CT molecular complexity index is 478. The minimum Gasteiger partial charge on any atom is -0.349 e. The maximum Gasteiger partial charge on any atom is 0.220 e. The van der Waals surface area contributed by atoms with E-state index in [9.17, 15) is 9.18 Å². The fraction of sp³-hybridized carbons (Fsp3) is 0.533. The molecule has 118 valence electrons. The van der Waals surface area contributed by atoms with Crippen molar-refractivity contribution < 1.29 is 9.18 Å². The molecule has 0 aromatic heterocycles. The monoisotopic (exact) mass is 334 g/mol. The Labute approximate surface area is 135 Å². The highest BCUT2D eigenvalue weighted by Gasteiger charge is 2.27. The molecule has 1 amide bonds. The van der Waals surface area contributed by atoms with E-state index in [1.165, 1.54) is 6.07 Å². The molecule has 0 saturated heterocycles. The summed E-state index contributed by atoms with van der Waals surface area (Å²) in [7, 11) is 0. The summed E-state index contributed by atoms with van der Waals surface area (Å²) < 4.78 is 13.8. The minimum absolute atomic E-state index is 0. The zero-order chi connectivity index (χ0) is 14.7. The van der Waals surface area contributed by atoms with Gasteiger partial charge in [0.1, 0.15) is 5.82 Å². The van der Waals surface area contributed by atoms with Crippen molar-refractivity contribution in [1.82, 2.24) is 5.32 Å². The summed E-state index contributed by atoms with van der Waals surface area (Å²) in [5.74, 6) is -0.264. The van der Waals surface area contributed by atoms with Crippen LogP contribution in [0.1, 0.15) is 44.2 Å². The average molecular weight is 335 g/mol. The first-order chi connectivity index (χ1) is 9.49. The Balaban J connectivity index is 0.00000220. The van der Waals surface area contributed by atoms with E-state index in [0.29, 0.717) is 17.0 Å². The molecular weight excluding hydrogens is 314 g/mol. The van der Waals surface area contributed by atoms with Gasteiger partial charge in [-0.2, -0.15) is 0 Å². The van der Waals surface area contributed by atoms with E-state index >= 15 is 0 Å². The Morgan fingerprint density at radius 2 is 2.24 bits per heavy atom. The van der Waals surface area contributed by atoms with Crippen LogP contribution in [0.5, 0.6) is 0 Å². The van der Waals surface area contributed by atoms with Gasteiger partial charge in [-0.1, -0.05) is 24.1 Å². The third-order valence-electron chi connectivity index (χ3n) is 3.98. The van der Waals surface area contributed by atoms with Crippen LogP contribution in [-0.2, 0) is 4.79 Å². The molecule has 3 nitrogen and oxygen atoms in total. The number of amides is 1. The van der Waals surface area contributed by atoms with Gasteiger partial charge >= 0.3 is 0 Å². The number of carbonyl (C=O) groups excluding carboxylic acids is 1. The zero-order valence-corrected chi connectivity index (χ0v) is 13.5. The lowest BCUT2D eigenvalue weighted by Crippen LogP contribution is -2.33. The van der Waals surface area contributed by atoms with Crippen LogP contribution in [0.2, 0.25) is 5.02 Å². The normalized spacial score (nSPS) is 22.5. The SMILES string of the molecule is CC(NC(=O)C[C@@H]1CCC[C@H]1N)c1c(F)cccc1Cl.Cl. The van der Waals surface area contributed by atoms with Crippen molar-refractivity contribution in [1.29, 1.82) is 0 Å². The Hall–Kier alpha value is -0.840. The van der Waals surface area contributed by atoms with E-state index < -0.39 is 11.9 Å². The molecule has 3 atom stereocenters. The van der Waals surface area contributed by atoms with Crippen molar-refractivity contribution >= 4 is 29.9 Å². The zero-order valence-electron chi connectivity index (χ0n) is 11.9. The van der Waals surface area contributed by atoms with E-state index in [-0.39, 0.29) is 30.3 Å². The maximum absolute atomic E-state index is 13.8. The van der Waals surface area contributed by atoms with Crippen LogP contribution in [-0.4, -0.2) is 11.9 Å². The summed E-state index contributed by atoms with van der Waals surface area (Å²) in [6.07, 6.45) is 3.45. The second kappa shape index (κ2) is 7.97. The van der Waals surface area contributed by atoms with Gasteiger partial charge in [0.15, 0.2) is 0 Å². The molecule has 21 heavy (non-hydrogen) atoms. The summed E-state index contributed by atoms with van der Waals surface area (Å²) in [5, 5.41) is 3.14. The topological polar surface area (TPSA) is 55.1 Å². The molecule has 0 spiro atoms. The van der Waals surface area contributed by atoms with Gasteiger partial charge in [0.05, 0.1) is 6.04 Å². The van der Waals surface area contributed by atoms with Crippen LogP contribution < -0.4 is 11.1 Å². The first kappa shape index (κ1) is 18.2. The highest BCUT2D eigenvalue weighted by atomic mass is 35.5. The van der Waals surface area contributed by atoms with Crippen molar-refractivity contribution in [3.05, 3.63) is 34.6 Å². The Morgan fingerprint density at radius 1 is 1.52 bits per heavy atom. The smallest absolute Gasteiger partial charge is 0.220 e. The highest BCUT2D eigenvalue weighted by Crippen LogP contribution is 2.28. The first-order valence-corrected chi connectivity index (χ1v) is 7.35. The number of hydrogen-bond acceptors (Lipinski definition) is 2. The molecule has 1 aromatic carbocycles. The van der Waals surface area contributed by atoms with Crippen LogP contribution >= 0.6 is 24.0 Å². The first-order valence-electron chi connectivity index (χ1n) is 6.98. The fourth-order valence-electron chi connectivity index (χ4n) is 2.85. The molecule has 1 unspecified atom stereocenters. The second-order valence-electron chi connectivity index (χ2n) is 5.48. The van der Waals surface area contributed by atoms with Gasteiger partial charge in [-0.05, 0) is 37.8 Å². The molecule has 1 fully saturated rings. The van der Waals surface area contributed by atoms with Gasteiger partial charge in [-0.25, -0.2) is 4.39 Å². The van der Waals surface area contributed by atoms with E-state index in [4.69, 9.17) is 17.3 Å². The van der Waals surface area contributed by atoms with Gasteiger partial charge in [0, 0.05) is 23.0 Å². The van der Waals surface area contributed by atoms with E-state index in [0.717, 1.165) is 19.3 Å². The molecule has 1 aliphatic carbocycles. The summed E-state index contributed by atoms with van der Waals surface area (Å²) in [4.78, 5) is 12.0.